The van der Waals surface area contributed by atoms with Crippen molar-refractivity contribution in [1.82, 2.24) is 0 Å². The molecular formula is C29H41ClFNO2. The van der Waals surface area contributed by atoms with Gasteiger partial charge in [0.2, 0.25) is 0 Å². The van der Waals surface area contributed by atoms with E-state index in [4.69, 9.17) is 9.47 Å². The van der Waals surface area contributed by atoms with Gasteiger partial charge >= 0.3 is 0 Å². The Labute approximate surface area is 211 Å². The lowest BCUT2D eigenvalue weighted by molar-refractivity contribution is -0.546. The van der Waals surface area contributed by atoms with E-state index in [1.54, 1.807) is 26.4 Å². The van der Waals surface area contributed by atoms with Crippen molar-refractivity contribution in [2.75, 3.05) is 20.8 Å². The van der Waals surface area contributed by atoms with E-state index in [0.29, 0.717) is 6.54 Å². The lowest BCUT2D eigenvalue weighted by Gasteiger charge is -2.21. The van der Waals surface area contributed by atoms with Gasteiger partial charge in [0.25, 0.3) is 0 Å². The summed E-state index contributed by atoms with van der Waals surface area (Å²) in [6.07, 6.45) is 13.7. The molecule has 1 aliphatic rings. The van der Waals surface area contributed by atoms with Gasteiger partial charge in [-0.3, -0.25) is 0 Å². The number of unbranched alkanes of at least 4 members (excludes halogenated alkanes) is 8. The minimum Gasteiger partial charge on any atom is -1.00 e. The number of methoxy groups -OCH3 is 2. The van der Waals surface area contributed by atoms with Crippen molar-refractivity contribution in [2.24, 2.45) is 0 Å². The first-order valence-corrected chi connectivity index (χ1v) is 12.8. The Balaban J connectivity index is 0.00000408. The molecule has 0 aromatic heterocycles. The van der Waals surface area contributed by atoms with E-state index in [9.17, 15) is 4.39 Å². The van der Waals surface area contributed by atoms with Crippen LogP contribution in [-0.2, 0) is 13.0 Å². The average molecular weight is 490 g/mol. The second kappa shape index (κ2) is 15.0. The van der Waals surface area contributed by atoms with Crippen molar-refractivity contribution in [3.05, 3.63) is 58.9 Å². The summed E-state index contributed by atoms with van der Waals surface area (Å²) in [5.41, 5.74) is 4.59. The third-order valence-electron chi connectivity index (χ3n) is 6.79. The highest BCUT2D eigenvalue weighted by atomic mass is 35.5. The van der Waals surface area contributed by atoms with Gasteiger partial charge in [0.05, 0.1) is 19.8 Å². The second-order valence-electron chi connectivity index (χ2n) is 9.15. The van der Waals surface area contributed by atoms with Gasteiger partial charge in [-0.05, 0) is 36.2 Å². The highest BCUT2D eigenvalue weighted by Gasteiger charge is 2.28. The summed E-state index contributed by atoms with van der Waals surface area (Å²) < 4.78 is 27.9. The average Bonchev–Trinajstić information content (AvgIpc) is 2.84. The Morgan fingerprint density at radius 2 is 1.47 bits per heavy atom. The van der Waals surface area contributed by atoms with Crippen LogP contribution in [0.25, 0.3) is 0 Å². The van der Waals surface area contributed by atoms with E-state index in [-0.39, 0.29) is 18.2 Å². The fourth-order valence-electron chi connectivity index (χ4n) is 4.86. The summed E-state index contributed by atoms with van der Waals surface area (Å²) in [7, 11) is 3.37. The van der Waals surface area contributed by atoms with E-state index in [1.807, 2.05) is 12.1 Å². The van der Waals surface area contributed by atoms with Gasteiger partial charge in [0.15, 0.2) is 23.8 Å². The van der Waals surface area contributed by atoms with E-state index in [1.165, 1.54) is 68.2 Å². The SMILES string of the molecule is CCCCCCCCCCCC1=[N+](Cc2ccccc2F)CCc2cc(OC)c(OC)cc21.[Cl-]. The van der Waals surface area contributed by atoms with Crippen LogP contribution in [0, 0.1) is 5.82 Å². The molecule has 3 rings (SSSR count). The predicted molar refractivity (Wildman–Crippen MR) is 134 cm³/mol. The summed E-state index contributed by atoms with van der Waals surface area (Å²) in [5.74, 6) is 1.41. The second-order valence-corrected chi connectivity index (χ2v) is 9.15. The number of hydrogen-bond donors (Lipinski definition) is 0. The molecule has 1 aliphatic heterocycles. The largest absolute Gasteiger partial charge is 1.00 e. The molecule has 1 heterocycles. The van der Waals surface area contributed by atoms with Gasteiger partial charge in [0, 0.05) is 18.4 Å². The molecule has 0 atom stereocenters. The highest BCUT2D eigenvalue weighted by Crippen LogP contribution is 2.33. The molecule has 0 saturated carbocycles. The lowest BCUT2D eigenvalue weighted by Crippen LogP contribution is -3.00. The fourth-order valence-corrected chi connectivity index (χ4v) is 4.86. The van der Waals surface area contributed by atoms with Crippen molar-refractivity contribution in [2.45, 2.75) is 84.1 Å². The molecule has 0 N–H and O–H groups in total. The smallest absolute Gasteiger partial charge is 0.184 e. The highest BCUT2D eigenvalue weighted by molar-refractivity contribution is 5.99. The van der Waals surface area contributed by atoms with E-state index in [0.717, 1.165) is 42.9 Å². The van der Waals surface area contributed by atoms with E-state index < -0.39 is 0 Å². The molecule has 0 fully saturated rings. The van der Waals surface area contributed by atoms with Gasteiger partial charge in [-0.2, -0.15) is 0 Å². The summed E-state index contributed by atoms with van der Waals surface area (Å²) in [4.78, 5) is 0. The third kappa shape index (κ3) is 7.73. The Morgan fingerprint density at radius 1 is 0.853 bits per heavy atom. The van der Waals surface area contributed by atoms with Crippen LogP contribution in [0.4, 0.5) is 4.39 Å². The normalized spacial score (nSPS) is 12.8. The quantitative estimate of drug-likeness (QED) is 0.291. The number of fused-ring (bicyclic) bond motifs is 1. The zero-order chi connectivity index (χ0) is 23.5. The van der Waals surface area contributed by atoms with Gasteiger partial charge < -0.3 is 21.9 Å². The van der Waals surface area contributed by atoms with Crippen LogP contribution < -0.4 is 21.9 Å². The number of ether oxygens (including phenoxy) is 2. The maximum absolute atomic E-state index is 14.4. The summed E-state index contributed by atoms with van der Waals surface area (Å²) >= 11 is 0. The van der Waals surface area contributed by atoms with Crippen molar-refractivity contribution in [1.29, 1.82) is 0 Å². The minimum absolute atomic E-state index is 0. The van der Waals surface area contributed by atoms with Crippen LogP contribution in [-0.4, -0.2) is 31.1 Å². The fraction of sp³-hybridized carbons (Fsp3) is 0.552. The number of rotatable bonds is 14. The molecule has 3 nitrogen and oxygen atoms in total. The van der Waals surface area contributed by atoms with Gasteiger partial charge in [-0.1, -0.05) is 70.4 Å². The van der Waals surface area contributed by atoms with E-state index in [2.05, 4.69) is 23.6 Å². The van der Waals surface area contributed by atoms with Gasteiger partial charge in [-0.15, -0.1) is 0 Å². The first kappa shape index (κ1) is 28.2. The standard InChI is InChI=1S/C29H41FNO2.ClH/c1-4-5-6-7-8-9-10-11-12-17-27-25-21-29(33-3)28(32-2)20-23(25)18-19-31(27)22-24-15-13-14-16-26(24)30;/h13-16,20-21H,4-12,17-19,22H2,1-3H3;1H/q+1;/p-1. The molecule has 0 saturated heterocycles. The Morgan fingerprint density at radius 3 is 2.12 bits per heavy atom. The summed E-state index contributed by atoms with van der Waals surface area (Å²) in [5, 5.41) is 0. The molecule has 0 bridgehead atoms. The number of nitrogens with zero attached hydrogens (tertiary/aromatic N) is 1. The van der Waals surface area contributed by atoms with E-state index >= 15 is 0 Å². The van der Waals surface area contributed by atoms with Crippen LogP contribution >= 0.6 is 0 Å². The van der Waals surface area contributed by atoms with Gasteiger partial charge in [-0.25, -0.2) is 8.97 Å². The molecule has 188 valence electrons. The summed E-state index contributed by atoms with van der Waals surface area (Å²) in [6.45, 7) is 3.76. The first-order valence-electron chi connectivity index (χ1n) is 12.8. The predicted octanol–water partition coefficient (Wildman–Crippen LogP) is 4.33. The molecule has 2 aromatic rings. The third-order valence-corrected chi connectivity index (χ3v) is 6.79. The Bertz CT molecular complexity index is 928. The Kier molecular flexibility index (Phi) is 12.5. The molecule has 0 unspecified atom stereocenters. The number of benzene rings is 2. The van der Waals surface area contributed by atoms with Crippen LogP contribution in [0.3, 0.4) is 0 Å². The van der Waals surface area contributed by atoms with Crippen molar-refractivity contribution < 1.29 is 30.8 Å². The molecular weight excluding hydrogens is 449 g/mol. The first-order chi connectivity index (χ1) is 16.2. The molecule has 2 aromatic carbocycles. The number of halogens is 2. The lowest BCUT2D eigenvalue weighted by atomic mass is 9.92. The Hall–Kier alpha value is -2.07. The maximum Gasteiger partial charge on any atom is 0.184 e. The summed E-state index contributed by atoms with van der Waals surface area (Å²) in [6, 6.07) is 11.4. The topological polar surface area (TPSA) is 21.5 Å². The molecule has 5 heteroatoms. The zero-order valence-electron chi connectivity index (χ0n) is 21.2. The molecule has 0 aliphatic carbocycles. The van der Waals surface area contributed by atoms with Crippen molar-refractivity contribution in [3.63, 3.8) is 0 Å². The monoisotopic (exact) mass is 489 g/mol. The van der Waals surface area contributed by atoms with Crippen LogP contribution in [0.15, 0.2) is 36.4 Å². The van der Waals surface area contributed by atoms with Gasteiger partial charge in [0.1, 0.15) is 12.4 Å². The molecule has 0 spiro atoms. The minimum atomic E-state index is -0.127. The van der Waals surface area contributed by atoms with Crippen molar-refractivity contribution in [3.8, 4) is 11.5 Å². The molecule has 0 radical (unpaired) electrons. The molecule has 0 amide bonds. The van der Waals surface area contributed by atoms with Crippen LogP contribution in [0.2, 0.25) is 0 Å². The van der Waals surface area contributed by atoms with Crippen LogP contribution in [0.5, 0.6) is 11.5 Å². The maximum atomic E-state index is 14.4. The number of hydrogen-bond acceptors (Lipinski definition) is 2. The molecule has 34 heavy (non-hydrogen) atoms. The van der Waals surface area contributed by atoms with Crippen molar-refractivity contribution >= 4 is 5.71 Å². The van der Waals surface area contributed by atoms with Crippen LogP contribution in [0.1, 0.15) is 87.8 Å². The zero-order valence-corrected chi connectivity index (χ0v) is 21.9.